The highest BCUT2D eigenvalue weighted by Gasteiger charge is 2.31. The molecular weight excluding hydrogens is 294 g/mol. The maximum absolute atomic E-state index is 12.5. The quantitative estimate of drug-likeness (QED) is 0.836. The summed E-state index contributed by atoms with van der Waals surface area (Å²) >= 11 is 0. The molecule has 2 aliphatic rings. The Bertz CT molecular complexity index is 528. The number of carbonyl (C=O) groups is 1. The highest BCUT2D eigenvalue weighted by molar-refractivity contribution is 5.79. The van der Waals surface area contributed by atoms with E-state index in [0.29, 0.717) is 32.2 Å². The zero-order chi connectivity index (χ0) is 16.1. The summed E-state index contributed by atoms with van der Waals surface area (Å²) in [6, 6.07) is 7.52. The van der Waals surface area contributed by atoms with E-state index in [-0.39, 0.29) is 12.0 Å². The molecule has 1 atom stereocenters. The van der Waals surface area contributed by atoms with Gasteiger partial charge in [-0.2, -0.15) is 0 Å². The zero-order valence-corrected chi connectivity index (χ0v) is 13.7. The summed E-state index contributed by atoms with van der Waals surface area (Å²) in [5.41, 5.74) is 0. The van der Waals surface area contributed by atoms with Crippen LogP contribution in [0.25, 0.3) is 0 Å². The maximum atomic E-state index is 12.5. The molecule has 0 bridgehead atoms. The highest BCUT2D eigenvalue weighted by atomic mass is 16.5. The van der Waals surface area contributed by atoms with Crippen molar-refractivity contribution in [1.82, 2.24) is 4.90 Å². The third-order valence-corrected chi connectivity index (χ3v) is 4.63. The molecule has 1 unspecified atom stereocenters. The summed E-state index contributed by atoms with van der Waals surface area (Å²) in [4.78, 5) is 14.5. The number of hydrogen-bond acceptors (Lipinski definition) is 4. The Morgan fingerprint density at radius 1 is 1.30 bits per heavy atom. The lowest BCUT2D eigenvalue weighted by atomic mass is 10.1. The van der Waals surface area contributed by atoms with Crippen LogP contribution in [0.1, 0.15) is 25.7 Å². The summed E-state index contributed by atoms with van der Waals surface area (Å²) in [5.74, 6) is 2.06. The number of nitrogens with zero attached hydrogens (tertiary/aromatic N) is 1. The van der Waals surface area contributed by atoms with E-state index in [9.17, 15) is 4.79 Å². The third kappa shape index (κ3) is 4.16. The molecule has 5 nitrogen and oxygen atoms in total. The van der Waals surface area contributed by atoms with Gasteiger partial charge in [-0.25, -0.2) is 0 Å². The van der Waals surface area contributed by atoms with Gasteiger partial charge in [-0.05, 0) is 25.0 Å². The van der Waals surface area contributed by atoms with Crippen molar-refractivity contribution >= 4 is 5.91 Å². The summed E-state index contributed by atoms with van der Waals surface area (Å²) in [6.07, 6.45) is 4.38. The largest absolute Gasteiger partial charge is 0.497 e. The summed E-state index contributed by atoms with van der Waals surface area (Å²) in [5, 5.41) is 0. The molecule has 1 saturated heterocycles. The molecule has 3 rings (SSSR count). The Labute approximate surface area is 137 Å². The van der Waals surface area contributed by atoms with Gasteiger partial charge >= 0.3 is 0 Å². The lowest BCUT2D eigenvalue weighted by Crippen LogP contribution is -2.49. The van der Waals surface area contributed by atoms with E-state index in [2.05, 4.69) is 0 Å². The SMILES string of the molecule is COc1cccc(OCC2CN(C(=O)C3CCCC3)CCO2)c1. The van der Waals surface area contributed by atoms with Crippen LogP contribution in [0.2, 0.25) is 0 Å². The Hall–Kier alpha value is -1.75. The van der Waals surface area contributed by atoms with E-state index >= 15 is 0 Å². The normalized spacial score (nSPS) is 22.1. The first-order valence-electron chi connectivity index (χ1n) is 8.43. The van der Waals surface area contributed by atoms with Gasteiger partial charge in [0.15, 0.2) is 0 Å². The number of methoxy groups -OCH3 is 1. The number of carbonyl (C=O) groups excluding carboxylic acids is 1. The fourth-order valence-electron chi connectivity index (χ4n) is 3.33. The molecule has 0 N–H and O–H groups in total. The van der Waals surface area contributed by atoms with Crippen molar-refractivity contribution in [3.05, 3.63) is 24.3 Å². The zero-order valence-electron chi connectivity index (χ0n) is 13.7. The molecule has 0 radical (unpaired) electrons. The molecule has 1 amide bonds. The van der Waals surface area contributed by atoms with Gasteiger partial charge in [0.1, 0.15) is 24.2 Å². The van der Waals surface area contributed by atoms with Gasteiger partial charge in [-0.1, -0.05) is 18.9 Å². The maximum Gasteiger partial charge on any atom is 0.225 e. The van der Waals surface area contributed by atoms with Crippen molar-refractivity contribution in [2.24, 2.45) is 5.92 Å². The second-order valence-electron chi connectivity index (χ2n) is 6.25. The number of rotatable bonds is 5. The van der Waals surface area contributed by atoms with Crippen LogP contribution in [0.15, 0.2) is 24.3 Å². The number of benzene rings is 1. The molecule has 1 aliphatic carbocycles. The van der Waals surface area contributed by atoms with E-state index in [0.717, 1.165) is 24.3 Å². The Balaban J connectivity index is 1.51. The molecule has 1 heterocycles. The van der Waals surface area contributed by atoms with Crippen molar-refractivity contribution in [2.45, 2.75) is 31.8 Å². The molecule has 1 aromatic rings. The minimum Gasteiger partial charge on any atom is -0.497 e. The van der Waals surface area contributed by atoms with E-state index < -0.39 is 0 Å². The summed E-state index contributed by atoms with van der Waals surface area (Å²) in [6.45, 7) is 2.36. The molecule has 1 aliphatic heterocycles. The van der Waals surface area contributed by atoms with Crippen LogP contribution in [0.4, 0.5) is 0 Å². The average molecular weight is 319 g/mol. The minimum atomic E-state index is -0.0692. The first-order valence-corrected chi connectivity index (χ1v) is 8.43. The first-order chi connectivity index (χ1) is 11.3. The molecule has 2 fully saturated rings. The van der Waals surface area contributed by atoms with Crippen molar-refractivity contribution in [2.75, 3.05) is 33.4 Å². The highest BCUT2D eigenvalue weighted by Crippen LogP contribution is 2.27. The number of ether oxygens (including phenoxy) is 3. The monoisotopic (exact) mass is 319 g/mol. The molecule has 1 saturated carbocycles. The van der Waals surface area contributed by atoms with Gasteiger partial charge in [0.2, 0.25) is 5.91 Å². The first kappa shape index (κ1) is 16.1. The molecule has 23 heavy (non-hydrogen) atoms. The number of amides is 1. The van der Waals surface area contributed by atoms with Crippen LogP contribution < -0.4 is 9.47 Å². The van der Waals surface area contributed by atoms with Gasteiger partial charge < -0.3 is 19.1 Å². The fraction of sp³-hybridized carbons (Fsp3) is 0.611. The molecular formula is C18H25NO4. The van der Waals surface area contributed by atoms with Crippen LogP contribution in [0.3, 0.4) is 0 Å². The number of hydrogen-bond donors (Lipinski definition) is 0. The van der Waals surface area contributed by atoms with Crippen molar-refractivity contribution in [3.8, 4) is 11.5 Å². The standard InChI is InChI=1S/C18H25NO4/c1-21-15-7-4-8-16(11-15)23-13-17-12-19(9-10-22-17)18(20)14-5-2-3-6-14/h4,7-8,11,14,17H,2-3,5-6,9-10,12-13H2,1H3. The Morgan fingerprint density at radius 3 is 2.87 bits per heavy atom. The van der Waals surface area contributed by atoms with E-state index in [1.807, 2.05) is 29.2 Å². The third-order valence-electron chi connectivity index (χ3n) is 4.63. The van der Waals surface area contributed by atoms with Gasteiger partial charge in [-0.3, -0.25) is 4.79 Å². The van der Waals surface area contributed by atoms with Crippen molar-refractivity contribution < 1.29 is 19.0 Å². The molecule has 1 aromatic carbocycles. The van der Waals surface area contributed by atoms with E-state index in [1.165, 1.54) is 12.8 Å². The van der Waals surface area contributed by atoms with Crippen LogP contribution in [0.5, 0.6) is 11.5 Å². The summed E-state index contributed by atoms with van der Waals surface area (Å²) in [7, 11) is 1.63. The molecule has 126 valence electrons. The lowest BCUT2D eigenvalue weighted by Gasteiger charge is -2.34. The van der Waals surface area contributed by atoms with E-state index in [1.54, 1.807) is 7.11 Å². The van der Waals surface area contributed by atoms with Gasteiger partial charge in [0.25, 0.3) is 0 Å². The Kier molecular flexibility index (Phi) is 5.39. The van der Waals surface area contributed by atoms with Gasteiger partial charge in [0, 0.05) is 18.5 Å². The van der Waals surface area contributed by atoms with Crippen molar-refractivity contribution in [3.63, 3.8) is 0 Å². The number of morpholine rings is 1. The summed E-state index contributed by atoms with van der Waals surface area (Å²) < 4.78 is 16.7. The van der Waals surface area contributed by atoms with Crippen LogP contribution in [0, 0.1) is 5.92 Å². The fourth-order valence-corrected chi connectivity index (χ4v) is 3.33. The topological polar surface area (TPSA) is 48.0 Å². The molecule has 0 spiro atoms. The van der Waals surface area contributed by atoms with Gasteiger partial charge in [-0.15, -0.1) is 0 Å². The van der Waals surface area contributed by atoms with E-state index in [4.69, 9.17) is 14.2 Å². The second kappa shape index (κ2) is 7.68. The van der Waals surface area contributed by atoms with Gasteiger partial charge in [0.05, 0.1) is 20.3 Å². The predicted octanol–water partition coefficient (Wildman–Crippen LogP) is 2.49. The Morgan fingerprint density at radius 2 is 2.09 bits per heavy atom. The van der Waals surface area contributed by atoms with Crippen LogP contribution in [-0.2, 0) is 9.53 Å². The van der Waals surface area contributed by atoms with Crippen LogP contribution in [-0.4, -0.2) is 50.3 Å². The smallest absolute Gasteiger partial charge is 0.225 e. The lowest BCUT2D eigenvalue weighted by molar-refractivity contribution is -0.144. The second-order valence-corrected chi connectivity index (χ2v) is 6.25. The average Bonchev–Trinajstić information content (AvgIpc) is 3.14. The van der Waals surface area contributed by atoms with Crippen molar-refractivity contribution in [1.29, 1.82) is 0 Å². The minimum absolute atomic E-state index is 0.0692. The molecule has 0 aromatic heterocycles. The van der Waals surface area contributed by atoms with Crippen LogP contribution >= 0.6 is 0 Å². The molecule has 5 heteroatoms. The predicted molar refractivity (Wildman–Crippen MR) is 86.8 cm³/mol.